The first-order valence-corrected chi connectivity index (χ1v) is 7.69. The van der Waals surface area contributed by atoms with Gasteiger partial charge in [-0.05, 0) is 44.1 Å². The Morgan fingerprint density at radius 3 is 2.50 bits per heavy atom. The monoisotopic (exact) mass is 254 g/mol. The van der Waals surface area contributed by atoms with Gasteiger partial charge in [-0.2, -0.15) is 0 Å². The number of piperidine rings is 1. The number of rotatable bonds is 5. The maximum atomic E-state index is 5.88. The Morgan fingerprint density at radius 2 is 1.94 bits per heavy atom. The van der Waals surface area contributed by atoms with Gasteiger partial charge >= 0.3 is 0 Å². The van der Waals surface area contributed by atoms with Crippen molar-refractivity contribution in [3.63, 3.8) is 0 Å². The van der Waals surface area contributed by atoms with E-state index in [1.54, 1.807) is 0 Å². The fourth-order valence-corrected chi connectivity index (χ4v) is 3.67. The Labute approximate surface area is 112 Å². The molecule has 0 aromatic heterocycles. The van der Waals surface area contributed by atoms with Crippen molar-refractivity contribution in [2.75, 3.05) is 26.2 Å². The van der Waals surface area contributed by atoms with Crippen LogP contribution in [0.2, 0.25) is 0 Å². The second kappa shape index (κ2) is 6.36. The van der Waals surface area contributed by atoms with Crippen molar-refractivity contribution in [1.82, 2.24) is 4.90 Å². The summed E-state index contributed by atoms with van der Waals surface area (Å²) in [5.74, 6) is 0. The zero-order valence-corrected chi connectivity index (χ0v) is 12.2. The summed E-state index contributed by atoms with van der Waals surface area (Å²) in [4.78, 5) is 2.72. The highest BCUT2D eigenvalue weighted by Crippen LogP contribution is 2.41. The van der Waals surface area contributed by atoms with E-state index in [2.05, 4.69) is 18.7 Å². The van der Waals surface area contributed by atoms with Gasteiger partial charge in [0.1, 0.15) is 0 Å². The van der Waals surface area contributed by atoms with E-state index < -0.39 is 0 Å². The smallest absolute Gasteiger partial charge is 0.0599 e. The Balaban J connectivity index is 1.73. The summed E-state index contributed by atoms with van der Waals surface area (Å²) in [6, 6.07) is 0.808. The van der Waals surface area contributed by atoms with E-state index in [0.29, 0.717) is 11.5 Å². The second-order valence-electron chi connectivity index (χ2n) is 6.64. The average Bonchev–Trinajstić information content (AvgIpc) is 2.70. The van der Waals surface area contributed by atoms with Crippen molar-refractivity contribution in [3.05, 3.63) is 0 Å². The third-order valence-corrected chi connectivity index (χ3v) is 4.82. The zero-order chi connectivity index (χ0) is 13.0. The number of nitrogens with zero attached hydrogens (tertiary/aromatic N) is 1. The molecule has 1 saturated heterocycles. The molecule has 1 aliphatic heterocycles. The van der Waals surface area contributed by atoms with Crippen molar-refractivity contribution in [3.8, 4) is 0 Å². The van der Waals surface area contributed by atoms with Crippen LogP contribution in [0, 0.1) is 5.41 Å². The van der Waals surface area contributed by atoms with Crippen LogP contribution in [-0.4, -0.2) is 43.3 Å². The van der Waals surface area contributed by atoms with Gasteiger partial charge in [-0.3, -0.25) is 4.90 Å². The molecule has 3 nitrogen and oxygen atoms in total. The molecule has 0 aromatic rings. The summed E-state index contributed by atoms with van der Waals surface area (Å²) < 4.78 is 5.88. The van der Waals surface area contributed by atoms with Gasteiger partial charge in [0.25, 0.3) is 0 Å². The van der Waals surface area contributed by atoms with E-state index in [4.69, 9.17) is 10.5 Å². The molecule has 1 aliphatic carbocycles. The summed E-state index contributed by atoms with van der Waals surface area (Å²) >= 11 is 0. The fourth-order valence-electron chi connectivity index (χ4n) is 3.67. The average molecular weight is 254 g/mol. The largest absolute Gasteiger partial charge is 0.378 e. The van der Waals surface area contributed by atoms with E-state index >= 15 is 0 Å². The topological polar surface area (TPSA) is 38.5 Å². The molecule has 1 atom stereocenters. The molecule has 1 unspecified atom stereocenters. The van der Waals surface area contributed by atoms with E-state index in [1.165, 1.54) is 45.2 Å². The number of hydrogen-bond acceptors (Lipinski definition) is 3. The van der Waals surface area contributed by atoms with Crippen molar-refractivity contribution in [2.24, 2.45) is 11.1 Å². The zero-order valence-electron chi connectivity index (χ0n) is 12.2. The third kappa shape index (κ3) is 3.46. The van der Waals surface area contributed by atoms with Crippen molar-refractivity contribution in [2.45, 2.75) is 64.5 Å². The molecule has 18 heavy (non-hydrogen) atoms. The van der Waals surface area contributed by atoms with Gasteiger partial charge in [-0.1, -0.05) is 20.3 Å². The van der Waals surface area contributed by atoms with Crippen LogP contribution < -0.4 is 5.73 Å². The Bertz CT molecular complexity index is 247. The fraction of sp³-hybridized carbons (Fsp3) is 1.00. The van der Waals surface area contributed by atoms with Gasteiger partial charge in [0.05, 0.1) is 6.10 Å². The van der Waals surface area contributed by atoms with Gasteiger partial charge in [0.15, 0.2) is 0 Å². The molecule has 2 rings (SSSR count). The highest BCUT2D eigenvalue weighted by atomic mass is 16.5. The third-order valence-electron chi connectivity index (χ3n) is 4.82. The quantitative estimate of drug-likeness (QED) is 0.766. The van der Waals surface area contributed by atoms with Gasteiger partial charge in [0, 0.05) is 25.7 Å². The second-order valence-corrected chi connectivity index (χ2v) is 6.64. The van der Waals surface area contributed by atoms with Gasteiger partial charge in [-0.25, -0.2) is 0 Å². The summed E-state index contributed by atoms with van der Waals surface area (Å²) in [5, 5.41) is 0. The van der Waals surface area contributed by atoms with Gasteiger partial charge in [0.2, 0.25) is 0 Å². The Morgan fingerprint density at radius 1 is 1.22 bits per heavy atom. The number of nitrogens with two attached hydrogens (primary N) is 1. The van der Waals surface area contributed by atoms with E-state index in [-0.39, 0.29) is 0 Å². The predicted octanol–water partition coefficient (Wildman–Crippen LogP) is 2.39. The molecule has 2 N–H and O–H groups in total. The van der Waals surface area contributed by atoms with Gasteiger partial charge in [-0.15, -0.1) is 0 Å². The minimum atomic E-state index is 0.484. The normalized spacial score (nSPS) is 29.8. The first kappa shape index (κ1) is 14.3. The molecule has 2 fully saturated rings. The molecule has 106 valence electrons. The Kier molecular flexibility index (Phi) is 5.05. The van der Waals surface area contributed by atoms with Crippen LogP contribution >= 0.6 is 0 Å². The minimum Gasteiger partial charge on any atom is -0.378 e. The van der Waals surface area contributed by atoms with Crippen LogP contribution in [0.3, 0.4) is 0 Å². The number of ether oxygens (including phenoxy) is 1. The first-order chi connectivity index (χ1) is 8.63. The standard InChI is InChI=1S/C15H30N2O/c1-15(2)8-3-5-14(15)17-10-6-13(7-11-17)18-12-4-9-16/h13-14H,3-12,16H2,1-2H3. The number of likely N-dealkylation sites (tertiary alicyclic amines) is 1. The van der Waals surface area contributed by atoms with Crippen molar-refractivity contribution in [1.29, 1.82) is 0 Å². The SMILES string of the molecule is CC1(C)CCCC1N1CCC(OCCCN)CC1. The molecular weight excluding hydrogens is 224 g/mol. The highest BCUT2D eigenvalue weighted by molar-refractivity contribution is 4.93. The maximum Gasteiger partial charge on any atom is 0.0599 e. The molecule has 0 radical (unpaired) electrons. The molecule has 0 amide bonds. The molecule has 0 bridgehead atoms. The molecule has 3 heteroatoms. The molecule has 1 heterocycles. The lowest BCUT2D eigenvalue weighted by molar-refractivity contribution is -0.0134. The Hall–Kier alpha value is -0.120. The van der Waals surface area contributed by atoms with E-state index in [0.717, 1.165) is 25.6 Å². The van der Waals surface area contributed by atoms with Crippen LogP contribution in [0.4, 0.5) is 0 Å². The molecule has 1 saturated carbocycles. The molecule has 0 spiro atoms. The summed E-state index contributed by atoms with van der Waals surface area (Å²) in [5.41, 5.74) is 6.01. The van der Waals surface area contributed by atoms with E-state index in [9.17, 15) is 0 Å². The van der Waals surface area contributed by atoms with Crippen LogP contribution in [0.1, 0.15) is 52.4 Å². The molecule has 2 aliphatic rings. The molecular formula is C15H30N2O. The van der Waals surface area contributed by atoms with Crippen LogP contribution in [0.5, 0.6) is 0 Å². The maximum absolute atomic E-state index is 5.88. The lowest BCUT2D eigenvalue weighted by Gasteiger charge is -2.41. The van der Waals surface area contributed by atoms with Crippen molar-refractivity contribution < 1.29 is 4.74 Å². The molecule has 0 aromatic carbocycles. The number of hydrogen-bond donors (Lipinski definition) is 1. The van der Waals surface area contributed by atoms with Gasteiger partial charge < -0.3 is 10.5 Å². The van der Waals surface area contributed by atoms with Crippen LogP contribution in [0.25, 0.3) is 0 Å². The van der Waals surface area contributed by atoms with Crippen molar-refractivity contribution >= 4 is 0 Å². The van der Waals surface area contributed by atoms with Crippen LogP contribution in [0.15, 0.2) is 0 Å². The first-order valence-electron chi connectivity index (χ1n) is 7.69. The van der Waals surface area contributed by atoms with E-state index in [1.807, 2.05) is 0 Å². The summed E-state index contributed by atoms with van der Waals surface area (Å²) in [6.07, 6.45) is 8.09. The minimum absolute atomic E-state index is 0.484. The summed E-state index contributed by atoms with van der Waals surface area (Å²) in [7, 11) is 0. The summed E-state index contributed by atoms with van der Waals surface area (Å²) in [6.45, 7) is 8.91. The van der Waals surface area contributed by atoms with Crippen LogP contribution in [-0.2, 0) is 4.74 Å². The lowest BCUT2D eigenvalue weighted by atomic mass is 9.85. The lowest BCUT2D eigenvalue weighted by Crippen LogP contribution is -2.47. The predicted molar refractivity (Wildman–Crippen MR) is 75.6 cm³/mol. The highest BCUT2D eigenvalue weighted by Gasteiger charge is 2.39.